The molecular formula is C16H11Cl2FN2. The van der Waals surface area contributed by atoms with E-state index in [-0.39, 0.29) is 5.82 Å². The van der Waals surface area contributed by atoms with Gasteiger partial charge >= 0.3 is 0 Å². The first kappa shape index (κ1) is 14.2. The molecule has 0 atom stereocenters. The summed E-state index contributed by atoms with van der Waals surface area (Å²) in [4.78, 5) is 8.79. The summed E-state index contributed by atoms with van der Waals surface area (Å²) in [5, 5.41) is 1.53. The molecule has 0 radical (unpaired) electrons. The SMILES string of the molecule is Cc1ccc(Cl)cc1-c1nc(Cl)c2ccc(F)c(C)c2n1. The van der Waals surface area contributed by atoms with E-state index in [1.54, 1.807) is 25.1 Å². The van der Waals surface area contributed by atoms with Crippen molar-refractivity contribution in [2.24, 2.45) is 0 Å². The summed E-state index contributed by atoms with van der Waals surface area (Å²) in [6, 6.07) is 8.43. The Hall–Kier alpha value is -1.71. The maximum Gasteiger partial charge on any atom is 0.161 e. The molecule has 0 fully saturated rings. The van der Waals surface area contributed by atoms with Crippen LogP contribution in [-0.4, -0.2) is 9.97 Å². The third-order valence-corrected chi connectivity index (χ3v) is 3.97. The van der Waals surface area contributed by atoms with Crippen LogP contribution in [0.2, 0.25) is 10.2 Å². The summed E-state index contributed by atoms with van der Waals surface area (Å²) in [6.07, 6.45) is 0. The van der Waals surface area contributed by atoms with Gasteiger partial charge in [-0.15, -0.1) is 0 Å². The van der Waals surface area contributed by atoms with Gasteiger partial charge in [0, 0.05) is 21.5 Å². The van der Waals surface area contributed by atoms with Crippen LogP contribution in [0.5, 0.6) is 0 Å². The fraction of sp³-hybridized carbons (Fsp3) is 0.125. The van der Waals surface area contributed by atoms with Gasteiger partial charge in [0.25, 0.3) is 0 Å². The third kappa shape index (κ3) is 2.47. The van der Waals surface area contributed by atoms with Crippen molar-refractivity contribution in [3.05, 3.63) is 57.5 Å². The molecule has 0 spiro atoms. The van der Waals surface area contributed by atoms with Gasteiger partial charge in [0.15, 0.2) is 5.82 Å². The van der Waals surface area contributed by atoms with E-state index in [9.17, 15) is 4.39 Å². The average molecular weight is 321 g/mol. The quantitative estimate of drug-likeness (QED) is 0.564. The van der Waals surface area contributed by atoms with E-state index in [0.29, 0.717) is 32.5 Å². The molecule has 0 unspecified atom stereocenters. The number of hydrogen-bond acceptors (Lipinski definition) is 2. The highest BCUT2D eigenvalue weighted by atomic mass is 35.5. The average Bonchev–Trinajstić information content (AvgIpc) is 2.45. The highest BCUT2D eigenvalue weighted by Crippen LogP contribution is 2.30. The zero-order chi connectivity index (χ0) is 15.1. The first-order chi connectivity index (χ1) is 9.97. The molecule has 1 aromatic heterocycles. The van der Waals surface area contributed by atoms with E-state index >= 15 is 0 Å². The Bertz CT molecular complexity index is 863. The number of aromatic nitrogens is 2. The van der Waals surface area contributed by atoms with Crippen LogP contribution in [0.1, 0.15) is 11.1 Å². The van der Waals surface area contributed by atoms with Crippen molar-refractivity contribution in [3.8, 4) is 11.4 Å². The fourth-order valence-corrected chi connectivity index (χ4v) is 2.63. The Morgan fingerprint density at radius 2 is 1.76 bits per heavy atom. The van der Waals surface area contributed by atoms with Gasteiger partial charge in [0.05, 0.1) is 5.52 Å². The number of fused-ring (bicyclic) bond motifs is 1. The van der Waals surface area contributed by atoms with Gasteiger partial charge in [-0.3, -0.25) is 0 Å². The first-order valence-electron chi connectivity index (χ1n) is 6.36. The molecule has 0 saturated carbocycles. The maximum atomic E-state index is 13.7. The lowest BCUT2D eigenvalue weighted by atomic mass is 10.1. The lowest BCUT2D eigenvalue weighted by Gasteiger charge is -2.09. The normalized spacial score (nSPS) is 11.1. The number of halogens is 3. The minimum Gasteiger partial charge on any atom is -0.227 e. The molecule has 0 N–H and O–H groups in total. The highest BCUT2D eigenvalue weighted by molar-refractivity contribution is 6.34. The van der Waals surface area contributed by atoms with Gasteiger partial charge in [-0.2, -0.15) is 0 Å². The van der Waals surface area contributed by atoms with Crippen LogP contribution in [0, 0.1) is 19.7 Å². The van der Waals surface area contributed by atoms with Crippen molar-refractivity contribution in [2.75, 3.05) is 0 Å². The predicted octanol–water partition coefficient (Wildman–Crippen LogP) is 5.36. The Labute approximate surface area is 131 Å². The van der Waals surface area contributed by atoms with Crippen LogP contribution in [0.4, 0.5) is 4.39 Å². The summed E-state index contributed by atoms with van der Waals surface area (Å²) >= 11 is 12.3. The minimum atomic E-state index is -0.314. The van der Waals surface area contributed by atoms with Crippen LogP contribution < -0.4 is 0 Å². The zero-order valence-electron chi connectivity index (χ0n) is 11.4. The second-order valence-corrected chi connectivity index (χ2v) is 5.66. The lowest BCUT2D eigenvalue weighted by Crippen LogP contribution is -1.97. The Morgan fingerprint density at radius 3 is 2.52 bits per heavy atom. The molecule has 21 heavy (non-hydrogen) atoms. The fourth-order valence-electron chi connectivity index (χ4n) is 2.23. The van der Waals surface area contributed by atoms with Gasteiger partial charge in [-0.25, -0.2) is 14.4 Å². The standard InChI is InChI=1S/C16H11Cl2FN2/c1-8-3-4-10(17)7-12(8)16-20-14-9(2)13(19)6-5-11(14)15(18)21-16/h3-7H,1-2H3. The van der Waals surface area contributed by atoms with Crippen molar-refractivity contribution in [1.29, 1.82) is 0 Å². The third-order valence-electron chi connectivity index (χ3n) is 3.45. The van der Waals surface area contributed by atoms with Gasteiger partial charge in [-0.05, 0) is 43.7 Å². The van der Waals surface area contributed by atoms with Crippen LogP contribution in [-0.2, 0) is 0 Å². The Balaban J connectivity index is 2.34. The molecule has 106 valence electrons. The molecular weight excluding hydrogens is 310 g/mol. The Morgan fingerprint density at radius 1 is 1.00 bits per heavy atom. The monoisotopic (exact) mass is 320 g/mol. The summed E-state index contributed by atoms with van der Waals surface area (Å²) in [5.74, 6) is 0.132. The molecule has 2 aromatic carbocycles. The molecule has 3 rings (SSSR count). The maximum absolute atomic E-state index is 13.7. The molecule has 0 bridgehead atoms. The number of aryl methyl sites for hydroxylation is 2. The molecule has 2 nitrogen and oxygen atoms in total. The van der Waals surface area contributed by atoms with Gasteiger partial charge in [-0.1, -0.05) is 29.3 Å². The molecule has 5 heteroatoms. The molecule has 0 aliphatic carbocycles. The van der Waals surface area contributed by atoms with Gasteiger partial charge in [0.2, 0.25) is 0 Å². The summed E-state index contributed by atoms with van der Waals surface area (Å²) in [6.45, 7) is 3.61. The lowest BCUT2D eigenvalue weighted by molar-refractivity contribution is 0.620. The van der Waals surface area contributed by atoms with Crippen molar-refractivity contribution < 1.29 is 4.39 Å². The second kappa shape index (κ2) is 5.24. The molecule has 0 aliphatic rings. The van der Waals surface area contributed by atoms with Crippen molar-refractivity contribution in [3.63, 3.8) is 0 Å². The van der Waals surface area contributed by atoms with Crippen LogP contribution in [0.15, 0.2) is 30.3 Å². The zero-order valence-corrected chi connectivity index (χ0v) is 12.9. The molecule has 3 aromatic rings. The van der Waals surface area contributed by atoms with E-state index < -0.39 is 0 Å². The van der Waals surface area contributed by atoms with Crippen molar-refractivity contribution in [2.45, 2.75) is 13.8 Å². The van der Waals surface area contributed by atoms with E-state index in [1.165, 1.54) is 6.07 Å². The van der Waals surface area contributed by atoms with Crippen molar-refractivity contribution in [1.82, 2.24) is 9.97 Å². The number of benzene rings is 2. The highest BCUT2D eigenvalue weighted by Gasteiger charge is 2.13. The van der Waals surface area contributed by atoms with E-state index in [0.717, 1.165) is 11.1 Å². The van der Waals surface area contributed by atoms with Crippen LogP contribution in [0.25, 0.3) is 22.3 Å². The van der Waals surface area contributed by atoms with Crippen LogP contribution >= 0.6 is 23.2 Å². The summed E-state index contributed by atoms with van der Waals surface area (Å²) in [7, 11) is 0. The van der Waals surface area contributed by atoms with E-state index in [2.05, 4.69) is 9.97 Å². The largest absolute Gasteiger partial charge is 0.227 e. The molecule has 0 saturated heterocycles. The van der Waals surface area contributed by atoms with Gasteiger partial charge in [0.1, 0.15) is 11.0 Å². The van der Waals surface area contributed by atoms with Crippen molar-refractivity contribution >= 4 is 34.1 Å². The Kier molecular flexibility index (Phi) is 3.56. The number of rotatable bonds is 1. The number of hydrogen-bond donors (Lipinski definition) is 0. The predicted molar refractivity (Wildman–Crippen MR) is 84.4 cm³/mol. The second-order valence-electron chi connectivity index (χ2n) is 4.87. The van der Waals surface area contributed by atoms with E-state index in [1.807, 2.05) is 13.0 Å². The molecule has 1 heterocycles. The van der Waals surface area contributed by atoms with Gasteiger partial charge < -0.3 is 0 Å². The topological polar surface area (TPSA) is 25.8 Å². The summed E-state index contributed by atoms with van der Waals surface area (Å²) in [5.41, 5.74) is 2.74. The molecule has 0 aliphatic heterocycles. The summed E-state index contributed by atoms with van der Waals surface area (Å²) < 4.78 is 13.7. The number of nitrogens with zero attached hydrogens (tertiary/aromatic N) is 2. The smallest absolute Gasteiger partial charge is 0.161 e. The van der Waals surface area contributed by atoms with Crippen LogP contribution in [0.3, 0.4) is 0 Å². The molecule has 0 amide bonds. The van der Waals surface area contributed by atoms with E-state index in [4.69, 9.17) is 23.2 Å². The minimum absolute atomic E-state index is 0.303. The first-order valence-corrected chi connectivity index (χ1v) is 7.12.